The van der Waals surface area contributed by atoms with Crippen molar-refractivity contribution in [3.63, 3.8) is 0 Å². The standard InChI is InChI=1S/C16H32N2O/c1-3-14-5-4-8-16(11-14,13-17)18(2)9-10-19-12-15-6-7-15/h14-15H,3-13,17H2,1-2H3. The zero-order valence-corrected chi connectivity index (χ0v) is 12.9. The van der Waals surface area contributed by atoms with E-state index in [-0.39, 0.29) is 5.54 Å². The Hall–Kier alpha value is -0.120. The van der Waals surface area contributed by atoms with Crippen LogP contribution in [0, 0.1) is 11.8 Å². The third-order valence-electron chi connectivity index (χ3n) is 5.31. The molecule has 2 aliphatic rings. The van der Waals surface area contributed by atoms with Crippen LogP contribution >= 0.6 is 0 Å². The first-order valence-corrected chi connectivity index (χ1v) is 8.19. The second-order valence-electron chi connectivity index (χ2n) is 6.74. The van der Waals surface area contributed by atoms with Gasteiger partial charge in [0.2, 0.25) is 0 Å². The molecule has 2 N–H and O–H groups in total. The molecule has 0 spiro atoms. The molecule has 0 aliphatic heterocycles. The summed E-state index contributed by atoms with van der Waals surface area (Å²) < 4.78 is 5.78. The fraction of sp³-hybridized carbons (Fsp3) is 1.00. The Kier molecular flexibility index (Phi) is 5.67. The van der Waals surface area contributed by atoms with Crippen LogP contribution in [0.5, 0.6) is 0 Å². The van der Waals surface area contributed by atoms with Gasteiger partial charge in [0.1, 0.15) is 0 Å². The molecule has 2 fully saturated rings. The zero-order chi connectivity index (χ0) is 13.7. The molecular weight excluding hydrogens is 236 g/mol. The molecule has 0 amide bonds. The lowest BCUT2D eigenvalue weighted by molar-refractivity contribution is 0.0249. The highest BCUT2D eigenvalue weighted by atomic mass is 16.5. The highest BCUT2D eigenvalue weighted by Crippen LogP contribution is 2.37. The first-order chi connectivity index (χ1) is 9.20. The number of ether oxygens (including phenoxy) is 1. The summed E-state index contributed by atoms with van der Waals surface area (Å²) in [6, 6.07) is 0. The van der Waals surface area contributed by atoms with Crippen LogP contribution in [0.25, 0.3) is 0 Å². The lowest BCUT2D eigenvalue weighted by Gasteiger charge is -2.46. The summed E-state index contributed by atoms with van der Waals surface area (Å²) in [7, 11) is 2.24. The monoisotopic (exact) mass is 268 g/mol. The molecule has 2 atom stereocenters. The molecule has 2 aliphatic carbocycles. The molecule has 3 nitrogen and oxygen atoms in total. The number of likely N-dealkylation sites (N-methyl/N-ethyl adjacent to an activating group) is 1. The van der Waals surface area contributed by atoms with E-state index < -0.39 is 0 Å². The van der Waals surface area contributed by atoms with E-state index in [1.54, 1.807) is 0 Å². The number of nitrogens with zero attached hydrogens (tertiary/aromatic N) is 1. The van der Waals surface area contributed by atoms with E-state index in [0.717, 1.165) is 38.1 Å². The lowest BCUT2D eigenvalue weighted by Crippen LogP contribution is -2.55. The maximum Gasteiger partial charge on any atom is 0.0593 e. The van der Waals surface area contributed by atoms with Crippen LogP contribution < -0.4 is 5.73 Å². The van der Waals surface area contributed by atoms with Gasteiger partial charge in [0.25, 0.3) is 0 Å². The largest absolute Gasteiger partial charge is 0.380 e. The second-order valence-corrected chi connectivity index (χ2v) is 6.74. The fourth-order valence-electron chi connectivity index (χ4n) is 3.47. The number of nitrogens with two attached hydrogens (primary N) is 1. The van der Waals surface area contributed by atoms with Crippen molar-refractivity contribution in [2.75, 3.05) is 33.4 Å². The van der Waals surface area contributed by atoms with E-state index in [2.05, 4.69) is 18.9 Å². The molecule has 0 aromatic carbocycles. The predicted molar refractivity (Wildman–Crippen MR) is 80.2 cm³/mol. The second kappa shape index (κ2) is 7.05. The SMILES string of the molecule is CCC1CCCC(CN)(N(C)CCOCC2CC2)C1. The van der Waals surface area contributed by atoms with Gasteiger partial charge in [0, 0.05) is 25.2 Å². The molecule has 0 heterocycles. The summed E-state index contributed by atoms with van der Waals surface area (Å²) in [5.41, 5.74) is 6.37. The molecule has 0 aromatic heterocycles. The minimum Gasteiger partial charge on any atom is -0.380 e. The topological polar surface area (TPSA) is 38.5 Å². The highest BCUT2D eigenvalue weighted by molar-refractivity contribution is 4.95. The molecule has 0 radical (unpaired) electrons. The van der Waals surface area contributed by atoms with Gasteiger partial charge in [0.05, 0.1) is 6.61 Å². The van der Waals surface area contributed by atoms with Crippen molar-refractivity contribution in [1.82, 2.24) is 4.90 Å². The molecule has 2 rings (SSSR count). The van der Waals surface area contributed by atoms with Crippen LogP contribution in [0.3, 0.4) is 0 Å². The number of hydrogen-bond donors (Lipinski definition) is 1. The minimum atomic E-state index is 0.238. The van der Waals surface area contributed by atoms with Crippen LogP contribution in [0.1, 0.15) is 51.9 Å². The van der Waals surface area contributed by atoms with Crippen LogP contribution in [-0.2, 0) is 4.74 Å². The van der Waals surface area contributed by atoms with Crippen LogP contribution in [0.2, 0.25) is 0 Å². The molecule has 112 valence electrons. The summed E-state index contributed by atoms with van der Waals surface area (Å²) in [4.78, 5) is 2.49. The maximum atomic E-state index is 6.14. The van der Waals surface area contributed by atoms with E-state index in [1.165, 1.54) is 44.9 Å². The van der Waals surface area contributed by atoms with Gasteiger partial charge < -0.3 is 10.5 Å². The summed E-state index contributed by atoms with van der Waals surface area (Å²) in [6.07, 6.45) is 9.32. The molecule has 0 bridgehead atoms. The first kappa shape index (κ1) is 15.3. The van der Waals surface area contributed by atoms with E-state index in [1.807, 2.05) is 0 Å². The van der Waals surface area contributed by atoms with Crippen molar-refractivity contribution in [3.05, 3.63) is 0 Å². The van der Waals surface area contributed by atoms with Gasteiger partial charge in [0.15, 0.2) is 0 Å². The summed E-state index contributed by atoms with van der Waals surface area (Å²) in [5.74, 6) is 1.74. The van der Waals surface area contributed by atoms with E-state index in [4.69, 9.17) is 10.5 Å². The Morgan fingerprint density at radius 3 is 2.68 bits per heavy atom. The van der Waals surface area contributed by atoms with Crippen molar-refractivity contribution in [2.45, 2.75) is 57.4 Å². The van der Waals surface area contributed by atoms with Crippen LogP contribution in [0.4, 0.5) is 0 Å². The minimum absolute atomic E-state index is 0.238. The average molecular weight is 268 g/mol. The fourth-order valence-corrected chi connectivity index (χ4v) is 3.47. The van der Waals surface area contributed by atoms with Crippen molar-refractivity contribution >= 4 is 0 Å². The summed E-state index contributed by atoms with van der Waals surface area (Å²) in [5, 5.41) is 0. The third-order valence-corrected chi connectivity index (χ3v) is 5.31. The number of rotatable bonds is 8. The van der Waals surface area contributed by atoms with E-state index in [9.17, 15) is 0 Å². The Morgan fingerprint density at radius 1 is 1.26 bits per heavy atom. The number of hydrogen-bond acceptors (Lipinski definition) is 3. The Bertz CT molecular complexity index is 267. The molecule has 0 saturated heterocycles. The zero-order valence-electron chi connectivity index (χ0n) is 12.9. The highest BCUT2D eigenvalue weighted by Gasteiger charge is 2.37. The molecule has 2 saturated carbocycles. The molecule has 3 heteroatoms. The van der Waals surface area contributed by atoms with Crippen molar-refractivity contribution < 1.29 is 4.74 Å². The first-order valence-electron chi connectivity index (χ1n) is 8.19. The molecule has 19 heavy (non-hydrogen) atoms. The van der Waals surface area contributed by atoms with Crippen LogP contribution in [-0.4, -0.2) is 43.8 Å². The van der Waals surface area contributed by atoms with Gasteiger partial charge in [-0.05, 0) is 44.6 Å². The maximum absolute atomic E-state index is 6.14. The van der Waals surface area contributed by atoms with Gasteiger partial charge in [-0.2, -0.15) is 0 Å². The Morgan fingerprint density at radius 2 is 2.05 bits per heavy atom. The van der Waals surface area contributed by atoms with Gasteiger partial charge in [-0.25, -0.2) is 0 Å². The smallest absolute Gasteiger partial charge is 0.0593 e. The van der Waals surface area contributed by atoms with Crippen molar-refractivity contribution in [3.8, 4) is 0 Å². The van der Waals surface area contributed by atoms with Crippen molar-refractivity contribution in [2.24, 2.45) is 17.6 Å². The van der Waals surface area contributed by atoms with Gasteiger partial charge in [-0.3, -0.25) is 4.90 Å². The average Bonchev–Trinajstić information content (AvgIpc) is 3.27. The summed E-state index contributed by atoms with van der Waals surface area (Å²) in [6.45, 7) is 5.98. The Labute approximate surface area is 118 Å². The van der Waals surface area contributed by atoms with Crippen LogP contribution in [0.15, 0.2) is 0 Å². The molecule has 2 unspecified atom stereocenters. The van der Waals surface area contributed by atoms with Gasteiger partial charge >= 0.3 is 0 Å². The van der Waals surface area contributed by atoms with Gasteiger partial charge in [-0.1, -0.05) is 26.2 Å². The van der Waals surface area contributed by atoms with E-state index in [0.29, 0.717) is 0 Å². The van der Waals surface area contributed by atoms with E-state index >= 15 is 0 Å². The normalized spacial score (nSPS) is 31.9. The molecular formula is C16H32N2O. The van der Waals surface area contributed by atoms with Crippen molar-refractivity contribution in [1.29, 1.82) is 0 Å². The van der Waals surface area contributed by atoms with Gasteiger partial charge in [-0.15, -0.1) is 0 Å². The predicted octanol–water partition coefficient (Wildman–Crippen LogP) is 2.64. The quantitative estimate of drug-likeness (QED) is 0.688. The third kappa shape index (κ3) is 4.17. The summed E-state index contributed by atoms with van der Waals surface area (Å²) >= 11 is 0. The Balaban J connectivity index is 1.76. The lowest BCUT2D eigenvalue weighted by atomic mass is 9.74. The molecule has 0 aromatic rings.